The first kappa shape index (κ1) is 12.0. The highest BCUT2D eigenvalue weighted by Gasteiger charge is 2.34. The van der Waals surface area contributed by atoms with Gasteiger partial charge >= 0.3 is 0 Å². The smallest absolute Gasteiger partial charge is 0.203 e. The number of ether oxygens (including phenoxy) is 3. The van der Waals surface area contributed by atoms with Crippen LogP contribution in [0.3, 0.4) is 0 Å². The Bertz CT molecular complexity index is 428. The molecule has 0 radical (unpaired) electrons. The molecule has 1 aromatic rings. The summed E-state index contributed by atoms with van der Waals surface area (Å²) >= 11 is 0. The number of fused-ring (bicyclic) bond motifs is 1. The van der Waals surface area contributed by atoms with Crippen molar-refractivity contribution in [1.29, 1.82) is 0 Å². The fourth-order valence-electron chi connectivity index (χ4n) is 2.47. The molecule has 4 nitrogen and oxygen atoms in total. The van der Waals surface area contributed by atoms with Gasteiger partial charge in [0.2, 0.25) is 5.75 Å². The van der Waals surface area contributed by atoms with Gasteiger partial charge < -0.3 is 19.3 Å². The average Bonchev–Trinajstić information content (AvgIpc) is 2.62. The van der Waals surface area contributed by atoms with Crippen molar-refractivity contribution in [3.8, 4) is 17.2 Å². The highest BCUT2D eigenvalue weighted by atomic mass is 16.5. The second-order valence-corrected chi connectivity index (χ2v) is 4.34. The lowest BCUT2D eigenvalue weighted by molar-refractivity contribution is 0.129. The van der Waals surface area contributed by atoms with E-state index in [0.29, 0.717) is 17.2 Å². The molecule has 2 unspecified atom stereocenters. The van der Waals surface area contributed by atoms with E-state index < -0.39 is 6.10 Å². The van der Waals surface area contributed by atoms with Crippen molar-refractivity contribution in [2.75, 3.05) is 21.3 Å². The molecule has 1 aromatic carbocycles. The van der Waals surface area contributed by atoms with Gasteiger partial charge in [-0.1, -0.05) is 6.92 Å². The van der Waals surface area contributed by atoms with E-state index in [2.05, 4.69) is 0 Å². The SMILES string of the molecule is COc1cc2c(c(OC)c1OC)C(O)C(C)C2. The van der Waals surface area contributed by atoms with Gasteiger partial charge in [0.1, 0.15) is 0 Å². The number of rotatable bonds is 3. The Kier molecular flexibility index (Phi) is 3.15. The maximum atomic E-state index is 10.2. The van der Waals surface area contributed by atoms with E-state index in [1.807, 2.05) is 13.0 Å². The molecule has 0 saturated heterocycles. The molecule has 94 valence electrons. The zero-order chi connectivity index (χ0) is 12.6. The van der Waals surface area contributed by atoms with Crippen molar-refractivity contribution in [2.45, 2.75) is 19.4 Å². The van der Waals surface area contributed by atoms with Gasteiger partial charge in [-0.3, -0.25) is 0 Å². The molecule has 0 aliphatic heterocycles. The molecular weight excluding hydrogens is 220 g/mol. The zero-order valence-corrected chi connectivity index (χ0v) is 10.6. The third-order valence-electron chi connectivity index (χ3n) is 3.33. The molecule has 0 bridgehead atoms. The predicted octanol–water partition coefficient (Wildman–Crippen LogP) is 1.94. The van der Waals surface area contributed by atoms with E-state index in [4.69, 9.17) is 14.2 Å². The summed E-state index contributed by atoms with van der Waals surface area (Å²) in [6.45, 7) is 2.02. The highest BCUT2D eigenvalue weighted by Crippen LogP contribution is 2.50. The first-order valence-electron chi connectivity index (χ1n) is 5.63. The minimum absolute atomic E-state index is 0.190. The predicted molar refractivity (Wildman–Crippen MR) is 63.9 cm³/mol. The largest absolute Gasteiger partial charge is 0.493 e. The summed E-state index contributed by atoms with van der Waals surface area (Å²) in [5, 5.41) is 10.2. The van der Waals surface area contributed by atoms with Crippen LogP contribution in [0.25, 0.3) is 0 Å². The summed E-state index contributed by atoms with van der Waals surface area (Å²) in [5.74, 6) is 1.96. The summed E-state index contributed by atoms with van der Waals surface area (Å²) in [6.07, 6.45) is 0.326. The third kappa shape index (κ3) is 1.72. The van der Waals surface area contributed by atoms with E-state index in [0.717, 1.165) is 17.5 Å². The Morgan fingerprint density at radius 3 is 2.29 bits per heavy atom. The number of hydrogen-bond donors (Lipinski definition) is 1. The van der Waals surface area contributed by atoms with Crippen LogP contribution in [-0.4, -0.2) is 26.4 Å². The number of methoxy groups -OCH3 is 3. The van der Waals surface area contributed by atoms with E-state index in [1.165, 1.54) is 0 Å². The summed E-state index contributed by atoms with van der Waals surface area (Å²) in [4.78, 5) is 0. The van der Waals surface area contributed by atoms with Crippen LogP contribution in [0.2, 0.25) is 0 Å². The second-order valence-electron chi connectivity index (χ2n) is 4.34. The second kappa shape index (κ2) is 4.45. The summed E-state index contributed by atoms with van der Waals surface area (Å²) in [6, 6.07) is 1.92. The summed E-state index contributed by atoms with van der Waals surface area (Å²) in [7, 11) is 4.74. The Labute approximate surface area is 101 Å². The fraction of sp³-hybridized carbons (Fsp3) is 0.538. The molecule has 1 N–H and O–H groups in total. The van der Waals surface area contributed by atoms with Crippen molar-refractivity contribution in [3.05, 3.63) is 17.2 Å². The summed E-state index contributed by atoms with van der Waals surface area (Å²) in [5.41, 5.74) is 1.90. The lowest BCUT2D eigenvalue weighted by atomic mass is 10.0. The normalized spacial score (nSPS) is 22.2. The van der Waals surface area contributed by atoms with Crippen molar-refractivity contribution in [1.82, 2.24) is 0 Å². The first-order chi connectivity index (χ1) is 8.13. The quantitative estimate of drug-likeness (QED) is 0.874. The van der Waals surface area contributed by atoms with Crippen LogP contribution >= 0.6 is 0 Å². The lowest BCUT2D eigenvalue weighted by Crippen LogP contribution is -2.04. The molecule has 17 heavy (non-hydrogen) atoms. The number of benzene rings is 1. The third-order valence-corrected chi connectivity index (χ3v) is 3.33. The Balaban J connectivity index is 2.65. The maximum absolute atomic E-state index is 10.2. The topological polar surface area (TPSA) is 47.9 Å². The van der Waals surface area contributed by atoms with Gasteiger partial charge in [-0.2, -0.15) is 0 Å². The van der Waals surface area contributed by atoms with Crippen molar-refractivity contribution in [2.24, 2.45) is 5.92 Å². The molecule has 0 saturated carbocycles. The molecule has 1 aliphatic carbocycles. The van der Waals surface area contributed by atoms with Crippen molar-refractivity contribution >= 4 is 0 Å². The molecule has 0 amide bonds. The zero-order valence-electron chi connectivity index (χ0n) is 10.6. The van der Waals surface area contributed by atoms with E-state index in [-0.39, 0.29) is 5.92 Å². The van der Waals surface area contributed by atoms with Crippen LogP contribution in [0.15, 0.2) is 6.07 Å². The molecular formula is C13H18O4. The van der Waals surface area contributed by atoms with Crippen LogP contribution < -0.4 is 14.2 Å². The van der Waals surface area contributed by atoms with Gasteiger partial charge in [-0.25, -0.2) is 0 Å². The summed E-state index contributed by atoms with van der Waals surface area (Å²) < 4.78 is 16.0. The first-order valence-corrected chi connectivity index (χ1v) is 5.63. The van der Waals surface area contributed by atoms with Gasteiger partial charge in [0.05, 0.1) is 27.4 Å². The van der Waals surface area contributed by atoms with Gasteiger partial charge in [0, 0.05) is 5.56 Å². The standard InChI is InChI=1S/C13H18O4/c1-7-5-8-6-9(15-2)12(16-3)13(17-4)10(8)11(7)14/h6-7,11,14H,5H2,1-4H3. The van der Waals surface area contributed by atoms with E-state index in [9.17, 15) is 5.11 Å². The Morgan fingerprint density at radius 2 is 1.76 bits per heavy atom. The van der Waals surface area contributed by atoms with Crippen LogP contribution in [0.4, 0.5) is 0 Å². The lowest BCUT2D eigenvalue weighted by Gasteiger charge is -2.17. The maximum Gasteiger partial charge on any atom is 0.203 e. The van der Waals surface area contributed by atoms with Gasteiger partial charge in [0.25, 0.3) is 0 Å². The van der Waals surface area contributed by atoms with E-state index in [1.54, 1.807) is 21.3 Å². The molecule has 1 aliphatic rings. The molecule has 4 heteroatoms. The van der Waals surface area contributed by atoms with Crippen LogP contribution in [0.5, 0.6) is 17.2 Å². The molecule has 0 heterocycles. The molecule has 0 fully saturated rings. The molecule has 0 spiro atoms. The average molecular weight is 238 g/mol. The van der Waals surface area contributed by atoms with Crippen LogP contribution in [-0.2, 0) is 6.42 Å². The van der Waals surface area contributed by atoms with Gasteiger partial charge in [-0.15, -0.1) is 0 Å². The van der Waals surface area contributed by atoms with Crippen molar-refractivity contribution in [3.63, 3.8) is 0 Å². The van der Waals surface area contributed by atoms with Gasteiger partial charge in [-0.05, 0) is 24.0 Å². The van der Waals surface area contributed by atoms with Crippen molar-refractivity contribution < 1.29 is 19.3 Å². The Morgan fingerprint density at radius 1 is 1.12 bits per heavy atom. The van der Waals surface area contributed by atoms with Crippen LogP contribution in [0, 0.1) is 5.92 Å². The molecule has 2 atom stereocenters. The molecule has 0 aromatic heterocycles. The van der Waals surface area contributed by atoms with Gasteiger partial charge in [0.15, 0.2) is 11.5 Å². The van der Waals surface area contributed by atoms with Crippen LogP contribution in [0.1, 0.15) is 24.2 Å². The minimum atomic E-state index is -0.500. The monoisotopic (exact) mass is 238 g/mol. The number of aliphatic hydroxyl groups excluding tert-OH is 1. The Hall–Kier alpha value is -1.42. The minimum Gasteiger partial charge on any atom is -0.493 e. The number of hydrogen-bond acceptors (Lipinski definition) is 4. The fourth-order valence-corrected chi connectivity index (χ4v) is 2.47. The molecule has 2 rings (SSSR count). The highest BCUT2D eigenvalue weighted by molar-refractivity contribution is 5.61. The number of aliphatic hydroxyl groups is 1. The van der Waals surface area contributed by atoms with E-state index >= 15 is 0 Å².